The molecule has 0 radical (unpaired) electrons. The maximum Gasteiger partial charge on any atom is 0.303 e. The molecule has 106 valence electrons. The maximum absolute atomic E-state index is 11.7. The lowest BCUT2D eigenvalue weighted by Crippen LogP contribution is -2.28. The molecule has 0 atom stereocenters. The zero-order valence-electron chi connectivity index (χ0n) is 11.1. The predicted molar refractivity (Wildman–Crippen MR) is 74.1 cm³/mol. The van der Waals surface area contributed by atoms with E-state index in [2.05, 4.69) is 10.3 Å². The van der Waals surface area contributed by atoms with E-state index in [0.717, 1.165) is 0 Å². The summed E-state index contributed by atoms with van der Waals surface area (Å²) in [4.78, 5) is 26.1. The van der Waals surface area contributed by atoms with Gasteiger partial charge in [-0.2, -0.15) is 0 Å². The molecule has 1 amide bonds. The van der Waals surface area contributed by atoms with E-state index < -0.39 is 5.97 Å². The van der Waals surface area contributed by atoms with Crippen LogP contribution in [-0.2, 0) is 4.79 Å². The largest absolute Gasteiger partial charge is 0.481 e. The van der Waals surface area contributed by atoms with Gasteiger partial charge in [0, 0.05) is 18.3 Å². The van der Waals surface area contributed by atoms with Crippen LogP contribution >= 0.6 is 11.3 Å². The van der Waals surface area contributed by atoms with Gasteiger partial charge in [0.15, 0.2) is 5.13 Å². The van der Waals surface area contributed by atoms with Crippen LogP contribution in [0.5, 0.6) is 0 Å². The predicted octanol–water partition coefficient (Wildman–Crippen LogP) is 1.74. The number of aromatic nitrogens is 1. The van der Waals surface area contributed by atoms with Crippen LogP contribution in [0.1, 0.15) is 43.6 Å². The molecule has 7 heteroatoms. The summed E-state index contributed by atoms with van der Waals surface area (Å²) in [7, 11) is 0. The Hall–Kier alpha value is -1.63. The van der Waals surface area contributed by atoms with E-state index in [0.29, 0.717) is 30.2 Å². The summed E-state index contributed by atoms with van der Waals surface area (Å²) >= 11 is 1.22. The summed E-state index contributed by atoms with van der Waals surface area (Å²) in [6, 6.07) is 0. The number of amides is 1. The van der Waals surface area contributed by atoms with E-state index in [1.165, 1.54) is 11.3 Å². The number of aliphatic carboxylic acids is 1. The first kappa shape index (κ1) is 15.4. The van der Waals surface area contributed by atoms with E-state index in [-0.39, 0.29) is 17.7 Å². The molecule has 0 unspecified atom stereocenters. The second kappa shape index (κ2) is 6.51. The zero-order chi connectivity index (χ0) is 14.5. The van der Waals surface area contributed by atoms with Gasteiger partial charge in [0.05, 0.1) is 0 Å². The van der Waals surface area contributed by atoms with Crippen molar-refractivity contribution in [2.45, 2.75) is 33.1 Å². The first-order valence-corrected chi connectivity index (χ1v) is 6.89. The molecule has 4 N–H and O–H groups in total. The van der Waals surface area contributed by atoms with E-state index >= 15 is 0 Å². The Labute approximate surface area is 116 Å². The highest BCUT2D eigenvalue weighted by atomic mass is 32.1. The molecule has 1 aromatic heterocycles. The third-order valence-electron chi connectivity index (χ3n) is 2.86. The van der Waals surface area contributed by atoms with E-state index in [4.69, 9.17) is 10.8 Å². The van der Waals surface area contributed by atoms with Gasteiger partial charge in [0.25, 0.3) is 5.91 Å². The average Bonchev–Trinajstić information content (AvgIpc) is 2.73. The smallest absolute Gasteiger partial charge is 0.303 e. The summed E-state index contributed by atoms with van der Waals surface area (Å²) in [6.07, 6.45) is 1.44. The summed E-state index contributed by atoms with van der Waals surface area (Å²) in [5, 5.41) is 13.4. The number of nitrogens with one attached hydrogen (secondary N) is 1. The second-order valence-electron chi connectivity index (χ2n) is 5.13. The highest BCUT2D eigenvalue weighted by Gasteiger charge is 2.19. The zero-order valence-corrected chi connectivity index (χ0v) is 11.9. The van der Waals surface area contributed by atoms with Gasteiger partial charge in [-0.25, -0.2) is 4.98 Å². The molecule has 0 bridgehead atoms. The normalized spacial score (nSPS) is 11.3. The van der Waals surface area contributed by atoms with Crippen LogP contribution in [0.2, 0.25) is 0 Å². The number of hydrogen-bond donors (Lipinski definition) is 3. The highest BCUT2D eigenvalue weighted by molar-refractivity contribution is 7.13. The van der Waals surface area contributed by atoms with Gasteiger partial charge >= 0.3 is 5.97 Å². The molecule has 0 aliphatic carbocycles. The standard InChI is InChI=1S/C12H19N3O3S/c1-12(2,4-3-9(16)17)5-6-14-10(18)8-7-19-11(13)15-8/h7H,3-6H2,1-2H3,(H2,13,15)(H,14,18)(H,16,17). The number of anilines is 1. The number of carbonyl (C=O) groups excluding carboxylic acids is 1. The minimum atomic E-state index is -0.796. The first-order chi connectivity index (χ1) is 8.80. The molecule has 6 nitrogen and oxygen atoms in total. The van der Waals surface area contributed by atoms with Crippen molar-refractivity contribution in [2.75, 3.05) is 12.3 Å². The molecular weight excluding hydrogens is 266 g/mol. The van der Waals surface area contributed by atoms with Crippen LogP contribution in [-0.4, -0.2) is 28.5 Å². The summed E-state index contributed by atoms with van der Waals surface area (Å²) in [5.74, 6) is -1.04. The van der Waals surface area contributed by atoms with Crippen molar-refractivity contribution < 1.29 is 14.7 Å². The van der Waals surface area contributed by atoms with Crippen LogP contribution in [0.15, 0.2) is 5.38 Å². The average molecular weight is 285 g/mol. The number of carboxylic acids is 1. The molecule has 0 aromatic carbocycles. The Bertz CT molecular complexity index is 457. The molecule has 0 aliphatic heterocycles. The Morgan fingerprint density at radius 2 is 2.16 bits per heavy atom. The monoisotopic (exact) mass is 285 g/mol. The van der Waals surface area contributed by atoms with E-state index in [9.17, 15) is 9.59 Å². The quantitative estimate of drug-likeness (QED) is 0.707. The fourth-order valence-electron chi connectivity index (χ4n) is 1.57. The van der Waals surface area contributed by atoms with Crippen molar-refractivity contribution in [3.63, 3.8) is 0 Å². The highest BCUT2D eigenvalue weighted by Crippen LogP contribution is 2.26. The van der Waals surface area contributed by atoms with Crippen molar-refractivity contribution >= 4 is 28.3 Å². The molecule has 1 rings (SSSR count). The molecule has 19 heavy (non-hydrogen) atoms. The van der Waals surface area contributed by atoms with Crippen LogP contribution < -0.4 is 11.1 Å². The van der Waals surface area contributed by atoms with Crippen LogP contribution in [0, 0.1) is 5.41 Å². The number of carboxylic acid groups (broad SMARTS) is 1. The van der Waals surface area contributed by atoms with Gasteiger partial charge < -0.3 is 16.2 Å². The van der Waals surface area contributed by atoms with Crippen molar-refractivity contribution in [1.82, 2.24) is 10.3 Å². The summed E-state index contributed by atoms with van der Waals surface area (Å²) in [6.45, 7) is 4.47. The lowest BCUT2D eigenvalue weighted by molar-refractivity contribution is -0.137. The van der Waals surface area contributed by atoms with Crippen LogP contribution in [0.3, 0.4) is 0 Å². The fourth-order valence-corrected chi connectivity index (χ4v) is 2.11. The molecule has 0 spiro atoms. The van der Waals surface area contributed by atoms with Crippen molar-refractivity contribution in [3.8, 4) is 0 Å². The lowest BCUT2D eigenvalue weighted by atomic mass is 9.84. The number of thiazole rings is 1. The molecule has 0 saturated heterocycles. The molecule has 0 aliphatic rings. The van der Waals surface area contributed by atoms with Crippen molar-refractivity contribution in [1.29, 1.82) is 0 Å². The molecule has 1 heterocycles. The molecular formula is C12H19N3O3S. The minimum absolute atomic E-state index is 0.118. The van der Waals surface area contributed by atoms with Gasteiger partial charge in [0.1, 0.15) is 5.69 Å². The number of hydrogen-bond acceptors (Lipinski definition) is 5. The SMILES string of the molecule is CC(C)(CCNC(=O)c1csc(N)n1)CCC(=O)O. The van der Waals surface area contributed by atoms with Crippen LogP contribution in [0.4, 0.5) is 5.13 Å². The number of carbonyl (C=O) groups is 2. The van der Waals surface area contributed by atoms with Gasteiger partial charge in [-0.3, -0.25) is 9.59 Å². The third kappa shape index (κ3) is 5.69. The number of nitrogen functional groups attached to an aromatic ring is 1. The van der Waals surface area contributed by atoms with Crippen LogP contribution in [0.25, 0.3) is 0 Å². The van der Waals surface area contributed by atoms with Gasteiger partial charge in [0.2, 0.25) is 0 Å². The van der Waals surface area contributed by atoms with Gasteiger partial charge in [-0.1, -0.05) is 13.8 Å². The second-order valence-corrected chi connectivity index (χ2v) is 6.02. The Morgan fingerprint density at radius 1 is 1.47 bits per heavy atom. The van der Waals surface area contributed by atoms with Crippen molar-refractivity contribution in [3.05, 3.63) is 11.1 Å². The van der Waals surface area contributed by atoms with Crippen molar-refractivity contribution in [2.24, 2.45) is 5.41 Å². The topological polar surface area (TPSA) is 105 Å². The van der Waals surface area contributed by atoms with Gasteiger partial charge in [-0.15, -0.1) is 11.3 Å². The number of nitrogens with two attached hydrogens (primary N) is 1. The third-order valence-corrected chi connectivity index (χ3v) is 3.53. The van der Waals surface area contributed by atoms with E-state index in [1.54, 1.807) is 5.38 Å². The summed E-state index contributed by atoms with van der Waals surface area (Å²) < 4.78 is 0. The maximum atomic E-state index is 11.7. The molecule has 1 aromatic rings. The summed E-state index contributed by atoms with van der Waals surface area (Å²) in [5.41, 5.74) is 5.66. The van der Waals surface area contributed by atoms with E-state index in [1.807, 2.05) is 13.8 Å². The first-order valence-electron chi connectivity index (χ1n) is 6.01. The fraction of sp³-hybridized carbons (Fsp3) is 0.583. The molecule has 0 saturated carbocycles. The Morgan fingerprint density at radius 3 is 2.68 bits per heavy atom. The number of rotatable bonds is 7. The Kier molecular flexibility index (Phi) is 5.29. The minimum Gasteiger partial charge on any atom is -0.481 e. The lowest BCUT2D eigenvalue weighted by Gasteiger charge is -2.23. The Balaban J connectivity index is 2.33. The van der Waals surface area contributed by atoms with Gasteiger partial charge in [-0.05, 0) is 18.3 Å². The molecule has 0 fully saturated rings. The number of nitrogens with zero attached hydrogens (tertiary/aromatic N) is 1.